The Balaban J connectivity index is 1.56. The van der Waals surface area contributed by atoms with Crippen molar-refractivity contribution >= 4 is 39.3 Å². The number of nitrogens with one attached hydrogen (secondary N) is 2. The Morgan fingerprint density at radius 2 is 1.71 bits per heavy atom. The van der Waals surface area contributed by atoms with Gasteiger partial charge in [0.05, 0.1) is 10.9 Å². The van der Waals surface area contributed by atoms with Crippen LogP contribution in [0.15, 0.2) is 75.9 Å². The third-order valence-electron chi connectivity index (χ3n) is 4.36. The van der Waals surface area contributed by atoms with Crippen molar-refractivity contribution in [2.24, 2.45) is 12.2 Å². The lowest BCUT2D eigenvalue weighted by Crippen LogP contribution is -2.36. The van der Waals surface area contributed by atoms with E-state index in [2.05, 4.69) is 15.6 Å². The molecule has 3 rings (SSSR count). The summed E-state index contributed by atoms with van der Waals surface area (Å²) in [5.74, 6) is -1.62. The molecule has 0 aliphatic carbocycles. The topological polar surface area (TPSA) is 136 Å². The molecule has 0 radical (unpaired) electrons. The third kappa shape index (κ3) is 5.94. The number of hydrogen-bond donors (Lipinski definition) is 3. The largest absolute Gasteiger partial charge is 0.341 e. The highest BCUT2D eigenvalue weighted by Crippen LogP contribution is 2.26. The molecule has 162 valence electrons. The monoisotopic (exact) mass is 459 g/mol. The number of primary sulfonamides is 1. The molecule has 31 heavy (non-hydrogen) atoms. The number of hydrogen-bond acceptors (Lipinski definition) is 6. The molecule has 2 aromatic carbocycles. The van der Waals surface area contributed by atoms with Crippen LogP contribution in [0, 0.1) is 0 Å². The molecule has 0 saturated heterocycles. The smallest absolute Gasteiger partial charge is 0.313 e. The fourth-order valence-electron chi connectivity index (χ4n) is 2.64. The summed E-state index contributed by atoms with van der Waals surface area (Å²) < 4.78 is 24.5. The van der Waals surface area contributed by atoms with Gasteiger partial charge in [0.1, 0.15) is 0 Å². The number of carbonyl (C=O) groups excluding carboxylic acids is 2. The number of nitrogens with zero attached hydrogens (tertiary/aromatic N) is 2. The van der Waals surface area contributed by atoms with Crippen LogP contribution in [-0.4, -0.2) is 29.8 Å². The van der Waals surface area contributed by atoms with Crippen molar-refractivity contribution in [3.63, 3.8) is 0 Å². The van der Waals surface area contributed by atoms with Gasteiger partial charge in [-0.25, -0.2) is 18.5 Å². The molecule has 0 spiro atoms. The van der Waals surface area contributed by atoms with Crippen LogP contribution in [0.2, 0.25) is 0 Å². The quantitative estimate of drug-likeness (QED) is 0.483. The highest BCUT2D eigenvalue weighted by atomic mass is 32.2. The fraction of sp³-hybridized carbons (Fsp3) is 0.150. The molecule has 1 unspecified atom stereocenters. The van der Waals surface area contributed by atoms with Crippen LogP contribution >= 0.6 is 11.8 Å². The summed E-state index contributed by atoms with van der Waals surface area (Å²) in [5, 5.41) is 11.0. The van der Waals surface area contributed by atoms with Gasteiger partial charge in [-0.1, -0.05) is 23.9 Å². The van der Waals surface area contributed by atoms with E-state index in [-0.39, 0.29) is 4.90 Å². The van der Waals surface area contributed by atoms with Gasteiger partial charge in [0, 0.05) is 30.0 Å². The van der Waals surface area contributed by atoms with Gasteiger partial charge in [-0.3, -0.25) is 9.59 Å². The van der Waals surface area contributed by atoms with Crippen LogP contribution in [0.1, 0.15) is 18.5 Å². The molecule has 0 saturated carbocycles. The Bertz CT molecular complexity index is 1190. The van der Waals surface area contributed by atoms with Crippen LogP contribution in [-0.2, 0) is 26.7 Å². The second kappa shape index (κ2) is 9.33. The van der Waals surface area contributed by atoms with Crippen LogP contribution < -0.4 is 15.8 Å². The Labute approximate surface area is 184 Å². The van der Waals surface area contributed by atoms with Gasteiger partial charge in [0.15, 0.2) is 5.16 Å². The summed E-state index contributed by atoms with van der Waals surface area (Å²) >= 11 is 1.48. The molecule has 4 N–H and O–H groups in total. The first-order valence-electron chi connectivity index (χ1n) is 9.13. The minimum Gasteiger partial charge on any atom is -0.341 e. The lowest BCUT2D eigenvalue weighted by Gasteiger charge is -2.14. The Morgan fingerprint density at radius 1 is 1.06 bits per heavy atom. The van der Waals surface area contributed by atoms with E-state index in [0.717, 1.165) is 10.1 Å². The first-order chi connectivity index (χ1) is 14.6. The maximum absolute atomic E-state index is 12.2. The fourth-order valence-corrected chi connectivity index (χ4v) is 3.96. The van der Waals surface area contributed by atoms with Gasteiger partial charge < -0.3 is 15.2 Å². The molecule has 0 aliphatic rings. The molecular formula is C20H21N5O4S2. The first-order valence-corrected chi connectivity index (χ1v) is 11.5. The highest BCUT2D eigenvalue weighted by Gasteiger charge is 2.18. The zero-order valence-electron chi connectivity index (χ0n) is 16.8. The summed E-state index contributed by atoms with van der Waals surface area (Å²) in [7, 11) is -1.89. The van der Waals surface area contributed by atoms with E-state index in [1.54, 1.807) is 25.3 Å². The van der Waals surface area contributed by atoms with Crippen molar-refractivity contribution in [1.29, 1.82) is 0 Å². The van der Waals surface area contributed by atoms with E-state index in [9.17, 15) is 18.0 Å². The molecular weight excluding hydrogens is 438 g/mol. The molecule has 1 heterocycles. The summed E-state index contributed by atoms with van der Waals surface area (Å²) in [5.41, 5.74) is 1.11. The average molecular weight is 460 g/mol. The van der Waals surface area contributed by atoms with Crippen LogP contribution in [0.5, 0.6) is 0 Å². The maximum Gasteiger partial charge on any atom is 0.313 e. The van der Waals surface area contributed by atoms with Gasteiger partial charge in [-0.15, -0.1) is 0 Å². The summed E-state index contributed by atoms with van der Waals surface area (Å²) in [6.45, 7) is 1.68. The number of benzene rings is 2. The first kappa shape index (κ1) is 22.5. The second-order valence-electron chi connectivity index (χ2n) is 6.71. The number of carbonyl (C=O) groups is 2. The van der Waals surface area contributed by atoms with Gasteiger partial charge in [-0.2, -0.15) is 0 Å². The molecule has 0 aliphatic heterocycles. The number of imidazole rings is 1. The molecule has 0 fully saturated rings. The Kier molecular flexibility index (Phi) is 6.78. The zero-order valence-corrected chi connectivity index (χ0v) is 18.4. The van der Waals surface area contributed by atoms with Crippen molar-refractivity contribution in [3.8, 4) is 0 Å². The normalized spacial score (nSPS) is 12.2. The molecule has 9 nitrogen and oxygen atoms in total. The van der Waals surface area contributed by atoms with Gasteiger partial charge >= 0.3 is 11.8 Å². The van der Waals surface area contributed by atoms with E-state index < -0.39 is 27.9 Å². The Hall–Kier alpha value is -3.15. The molecule has 11 heteroatoms. The van der Waals surface area contributed by atoms with Crippen LogP contribution in [0.25, 0.3) is 0 Å². The van der Waals surface area contributed by atoms with Gasteiger partial charge in [0.2, 0.25) is 10.0 Å². The van der Waals surface area contributed by atoms with Crippen LogP contribution in [0.4, 0.5) is 5.69 Å². The van der Waals surface area contributed by atoms with E-state index in [1.165, 1.54) is 36.0 Å². The molecule has 1 aromatic heterocycles. The molecule has 3 aromatic rings. The maximum atomic E-state index is 12.2. The lowest BCUT2D eigenvalue weighted by atomic mass is 10.1. The number of aromatic nitrogens is 2. The van der Waals surface area contributed by atoms with Gasteiger partial charge in [-0.05, 0) is 48.9 Å². The minimum absolute atomic E-state index is 0.0305. The van der Waals surface area contributed by atoms with Crippen LogP contribution in [0.3, 0.4) is 0 Å². The van der Waals surface area contributed by atoms with E-state index in [0.29, 0.717) is 11.3 Å². The third-order valence-corrected chi connectivity index (χ3v) is 6.37. The minimum atomic E-state index is -3.79. The number of rotatable bonds is 6. The Morgan fingerprint density at radius 3 is 2.26 bits per heavy atom. The van der Waals surface area contributed by atoms with Crippen molar-refractivity contribution in [1.82, 2.24) is 14.9 Å². The average Bonchev–Trinajstić information content (AvgIpc) is 3.13. The molecule has 2 amide bonds. The number of nitrogens with two attached hydrogens (primary N) is 1. The van der Waals surface area contributed by atoms with Crippen molar-refractivity contribution < 1.29 is 18.0 Å². The van der Waals surface area contributed by atoms with Crippen molar-refractivity contribution in [2.45, 2.75) is 27.9 Å². The SMILES string of the molecule is CC(NC(=O)C(=O)Nc1ccc(Sc2nccn2C)cc1)c1ccc(S(N)(=O)=O)cc1. The lowest BCUT2D eigenvalue weighted by molar-refractivity contribution is -0.136. The summed E-state index contributed by atoms with van der Waals surface area (Å²) in [6, 6.07) is 12.3. The molecule has 1 atom stereocenters. The van der Waals surface area contributed by atoms with Crippen molar-refractivity contribution in [2.75, 3.05) is 5.32 Å². The summed E-state index contributed by atoms with van der Waals surface area (Å²) in [6.07, 6.45) is 3.57. The van der Waals surface area contributed by atoms with E-state index in [1.807, 2.05) is 29.9 Å². The molecule has 0 bridgehead atoms. The van der Waals surface area contributed by atoms with Crippen molar-refractivity contribution in [3.05, 3.63) is 66.5 Å². The van der Waals surface area contributed by atoms with Gasteiger partial charge in [0.25, 0.3) is 0 Å². The predicted molar refractivity (Wildman–Crippen MR) is 117 cm³/mol. The zero-order chi connectivity index (χ0) is 22.6. The second-order valence-corrected chi connectivity index (χ2v) is 9.31. The highest BCUT2D eigenvalue weighted by molar-refractivity contribution is 7.99. The number of anilines is 1. The number of aryl methyl sites for hydroxylation is 1. The predicted octanol–water partition coefficient (Wildman–Crippen LogP) is 2.03. The number of sulfonamides is 1. The summed E-state index contributed by atoms with van der Waals surface area (Å²) in [4.78, 5) is 29.6. The standard InChI is InChI=1S/C20H21N5O4S2/c1-13(14-3-9-17(10-4-14)31(21,28)29)23-18(26)19(27)24-15-5-7-16(8-6-15)30-20-22-11-12-25(20)2/h3-13H,1-2H3,(H,23,26)(H,24,27)(H2,21,28,29). The van der Waals surface area contributed by atoms with E-state index >= 15 is 0 Å². The number of amides is 2. The van der Waals surface area contributed by atoms with E-state index in [4.69, 9.17) is 5.14 Å².